The molecule has 1 atom stereocenters. The lowest BCUT2D eigenvalue weighted by Crippen LogP contribution is -2.47. The minimum absolute atomic E-state index is 0.0360. The minimum Gasteiger partial charge on any atom is -0.337 e. The van der Waals surface area contributed by atoms with Gasteiger partial charge < -0.3 is 9.51 Å². The fourth-order valence-corrected chi connectivity index (χ4v) is 5.65. The van der Waals surface area contributed by atoms with Crippen molar-refractivity contribution in [3.05, 3.63) is 88.1 Å². The van der Waals surface area contributed by atoms with E-state index in [0.29, 0.717) is 29.5 Å². The maximum Gasteiger partial charge on any atom is 0.260 e. The zero-order valence-electron chi connectivity index (χ0n) is 19.9. The van der Waals surface area contributed by atoms with E-state index >= 15 is 0 Å². The van der Waals surface area contributed by atoms with E-state index in [1.54, 1.807) is 0 Å². The number of H-pyrrole nitrogens is 1. The fraction of sp³-hybridized carbons (Fsp3) is 0.259. The number of piperazine rings is 1. The second-order valence-electron chi connectivity index (χ2n) is 9.02. The molecule has 182 valence electrons. The van der Waals surface area contributed by atoms with Crippen LogP contribution < -0.4 is 5.56 Å². The third kappa shape index (κ3) is 4.48. The predicted octanol–water partition coefficient (Wildman–Crippen LogP) is 4.58. The van der Waals surface area contributed by atoms with Gasteiger partial charge in [0.2, 0.25) is 11.7 Å². The van der Waals surface area contributed by atoms with E-state index in [1.165, 1.54) is 11.3 Å². The maximum absolute atomic E-state index is 13.0. The summed E-state index contributed by atoms with van der Waals surface area (Å²) in [5.74, 6) is 1.95. The van der Waals surface area contributed by atoms with Gasteiger partial charge >= 0.3 is 0 Å². The highest BCUT2D eigenvalue weighted by Crippen LogP contribution is 2.30. The molecule has 0 radical (unpaired) electrons. The second kappa shape index (κ2) is 9.77. The first-order valence-electron chi connectivity index (χ1n) is 12.1. The number of hydrogen-bond acceptors (Lipinski definition) is 8. The molecule has 1 fully saturated rings. The molecule has 36 heavy (non-hydrogen) atoms. The zero-order valence-corrected chi connectivity index (χ0v) is 20.7. The van der Waals surface area contributed by atoms with Gasteiger partial charge in [-0.1, -0.05) is 65.8 Å². The van der Waals surface area contributed by atoms with Crippen LogP contribution in [-0.2, 0) is 6.54 Å². The van der Waals surface area contributed by atoms with Crippen LogP contribution in [-0.4, -0.2) is 56.1 Å². The smallest absolute Gasteiger partial charge is 0.260 e. The largest absolute Gasteiger partial charge is 0.337 e. The number of thiophene rings is 1. The summed E-state index contributed by atoms with van der Waals surface area (Å²) < 4.78 is 5.58. The van der Waals surface area contributed by atoms with Gasteiger partial charge in [0.1, 0.15) is 10.7 Å². The molecule has 6 rings (SSSR count). The first-order valence-corrected chi connectivity index (χ1v) is 12.9. The lowest BCUT2D eigenvalue weighted by Gasteiger charge is -2.36. The Bertz CT molecular complexity index is 1520. The molecule has 0 spiro atoms. The Balaban J connectivity index is 1.11. The molecular formula is C27H26N6O2S. The van der Waals surface area contributed by atoms with Gasteiger partial charge in [-0.15, -0.1) is 11.3 Å². The van der Waals surface area contributed by atoms with E-state index < -0.39 is 0 Å². The zero-order chi connectivity index (χ0) is 24.5. The quantitative estimate of drug-likeness (QED) is 0.366. The van der Waals surface area contributed by atoms with Crippen molar-refractivity contribution < 1.29 is 4.52 Å². The van der Waals surface area contributed by atoms with Gasteiger partial charge in [0, 0.05) is 42.7 Å². The molecule has 4 heterocycles. The molecule has 0 bridgehead atoms. The number of rotatable bonds is 6. The topological polar surface area (TPSA) is 91.2 Å². The van der Waals surface area contributed by atoms with Crippen LogP contribution in [0.1, 0.15) is 24.7 Å². The Morgan fingerprint density at radius 1 is 0.972 bits per heavy atom. The highest BCUT2D eigenvalue weighted by Gasteiger charge is 2.26. The van der Waals surface area contributed by atoms with Crippen molar-refractivity contribution in [2.45, 2.75) is 19.5 Å². The summed E-state index contributed by atoms with van der Waals surface area (Å²) in [4.78, 5) is 30.8. The van der Waals surface area contributed by atoms with Crippen molar-refractivity contribution in [1.82, 2.24) is 29.9 Å². The number of aromatic amines is 1. The molecule has 1 unspecified atom stereocenters. The van der Waals surface area contributed by atoms with Crippen LogP contribution >= 0.6 is 11.3 Å². The Hall–Kier alpha value is -3.66. The van der Waals surface area contributed by atoms with E-state index in [2.05, 4.69) is 31.8 Å². The number of aromatic nitrogens is 4. The number of fused-ring (bicyclic) bond motifs is 1. The molecule has 8 nitrogen and oxygen atoms in total. The summed E-state index contributed by atoms with van der Waals surface area (Å²) in [7, 11) is 0. The first kappa shape index (κ1) is 22.8. The summed E-state index contributed by atoms with van der Waals surface area (Å²) in [6.45, 7) is 6.19. The third-order valence-electron chi connectivity index (χ3n) is 6.74. The van der Waals surface area contributed by atoms with Crippen LogP contribution in [0, 0.1) is 0 Å². The molecule has 0 saturated carbocycles. The van der Waals surface area contributed by atoms with Crippen molar-refractivity contribution in [2.75, 3.05) is 26.2 Å². The monoisotopic (exact) mass is 498 g/mol. The van der Waals surface area contributed by atoms with Crippen LogP contribution in [0.2, 0.25) is 0 Å². The van der Waals surface area contributed by atoms with E-state index in [0.717, 1.165) is 47.7 Å². The Morgan fingerprint density at radius 2 is 1.67 bits per heavy atom. The third-order valence-corrected chi connectivity index (χ3v) is 7.61. The maximum atomic E-state index is 13.0. The van der Waals surface area contributed by atoms with Crippen molar-refractivity contribution in [3.63, 3.8) is 0 Å². The molecule has 1 N–H and O–H groups in total. The van der Waals surface area contributed by atoms with Crippen LogP contribution in [0.25, 0.3) is 32.7 Å². The number of hydrogen-bond donors (Lipinski definition) is 1. The standard InChI is InChI=1S/C27H26N6O2S/c1-18(26-30-24(31-35-26)20-10-6-3-7-11-20)33-14-12-32(13-15-33)16-22-28-25(34)23-21(17-36-27(23)29-22)19-8-4-2-5-9-19/h2-11,17-18H,12-16H2,1H3,(H,28,29,34). The van der Waals surface area contributed by atoms with Crippen molar-refractivity contribution in [1.29, 1.82) is 0 Å². The predicted molar refractivity (Wildman–Crippen MR) is 141 cm³/mol. The molecule has 1 aliphatic rings. The summed E-state index contributed by atoms with van der Waals surface area (Å²) in [6.07, 6.45) is 0. The molecule has 1 saturated heterocycles. The molecule has 2 aromatic carbocycles. The van der Waals surface area contributed by atoms with Crippen molar-refractivity contribution in [3.8, 4) is 22.5 Å². The van der Waals surface area contributed by atoms with Crippen LogP contribution in [0.3, 0.4) is 0 Å². The summed E-state index contributed by atoms with van der Waals surface area (Å²) in [5.41, 5.74) is 2.85. The van der Waals surface area contributed by atoms with Crippen LogP contribution in [0.15, 0.2) is 75.4 Å². The fourth-order valence-electron chi connectivity index (χ4n) is 4.68. The van der Waals surface area contributed by atoms with Gasteiger partial charge in [0.25, 0.3) is 5.56 Å². The summed E-state index contributed by atoms with van der Waals surface area (Å²) >= 11 is 1.52. The lowest BCUT2D eigenvalue weighted by atomic mass is 10.1. The molecule has 5 aromatic rings. The molecule has 1 aliphatic heterocycles. The Labute approximate surface area is 212 Å². The average Bonchev–Trinajstić information content (AvgIpc) is 3.58. The summed E-state index contributed by atoms with van der Waals surface area (Å²) in [6, 6.07) is 19.9. The lowest BCUT2D eigenvalue weighted by molar-refractivity contribution is 0.0832. The van der Waals surface area contributed by atoms with Crippen LogP contribution in [0.5, 0.6) is 0 Å². The minimum atomic E-state index is -0.0759. The molecular weight excluding hydrogens is 472 g/mol. The molecule has 0 amide bonds. The second-order valence-corrected chi connectivity index (χ2v) is 9.88. The van der Waals surface area contributed by atoms with E-state index in [4.69, 9.17) is 9.51 Å². The molecule has 0 aliphatic carbocycles. The Kier molecular flexibility index (Phi) is 6.18. The van der Waals surface area contributed by atoms with Gasteiger partial charge in [-0.25, -0.2) is 4.98 Å². The van der Waals surface area contributed by atoms with E-state index in [1.807, 2.05) is 66.0 Å². The molecule has 9 heteroatoms. The highest BCUT2D eigenvalue weighted by molar-refractivity contribution is 7.17. The summed E-state index contributed by atoms with van der Waals surface area (Å²) in [5, 5.41) is 6.85. The number of nitrogens with zero attached hydrogens (tertiary/aromatic N) is 5. The Morgan fingerprint density at radius 3 is 2.39 bits per heavy atom. The average molecular weight is 499 g/mol. The van der Waals surface area contributed by atoms with E-state index in [9.17, 15) is 4.79 Å². The van der Waals surface area contributed by atoms with Gasteiger partial charge in [0.05, 0.1) is 18.0 Å². The normalized spacial score (nSPS) is 15.9. The first-order chi connectivity index (χ1) is 17.7. The van der Waals surface area contributed by atoms with Gasteiger partial charge in [-0.2, -0.15) is 4.98 Å². The van der Waals surface area contributed by atoms with E-state index in [-0.39, 0.29) is 11.6 Å². The van der Waals surface area contributed by atoms with Crippen molar-refractivity contribution in [2.24, 2.45) is 0 Å². The highest BCUT2D eigenvalue weighted by atomic mass is 32.1. The molecule has 3 aromatic heterocycles. The SMILES string of the molecule is CC(c1nc(-c2ccccc2)no1)N1CCN(Cc2nc3scc(-c4ccccc4)c3c(=O)[nH]2)CC1. The van der Waals surface area contributed by atoms with Crippen LogP contribution in [0.4, 0.5) is 0 Å². The number of nitrogens with one attached hydrogen (secondary N) is 1. The van der Waals surface area contributed by atoms with Gasteiger partial charge in [0.15, 0.2) is 0 Å². The number of benzene rings is 2. The van der Waals surface area contributed by atoms with Crippen molar-refractivity contribution >= 4 is 21.6 Å². The van der Waals surface area contributed by atoms with Gasteiger partial charge in [-0.05, 0) is 12.5 Å². The van der Waals surface area contributed by atoms with Gasteiger partial charge in [-0.3, -0.25) is 14.6 Å².